The van der Waals surface area contributed by atoms with Crippen LogP contribution in [0.25, 0.3) is 0 Å². The summed E-state index contributed by atoms with van der Waals surface area (Å²) in [7, 11) is 0. The van der Waals surface area contributed by atoms with Gasteiger partial charge in [-0.15, -0.1) is 0 Å². The summed E-state index contributed by atoms with van der Waals surface area (Å²) in [6.07, 6.45) is 7.13. The summed E-state index contributed by atoms with van der Waals surface area (Å²) in [5, 5.41) is 15.9. The zero-order valence-electron chi connectivity index (χ0n) is 24.6. The number of allylic oxidation sites excluding steroid dienone is 2. The standard InChI is InChI=1S/C36H42N2O5/c39-25-32(22-28-15-7-2-8-16-28)37-34(40)24-30-19-11-4-12-20-31(21-27-13-5-1-6-14-27)36(42)43-26-33(38-35(30)41)23-29-17-9-3-10-18-29/h1-11,13-18,30-33,39H,12,19-26H2,(H,37,40)(H,38,41)/t30-,31-,32+,33+/m1/s1. The number of ether oxygens (including phenoxy) is 1. The highest BCUT2D eigenvalue weighted by molar-refractivity contribution is 5.86. The van der Waals surface area contributed by atoms with E-state index in [1.54, 1.807) is 0 Å². The van der Waals surface area contributed by atoms with Gasteiger partial charge in [0.1, 0.15) is 6.61 Å². The monoisotopic (exact) mass is 582 g/mol. The Hall–Kier alpha value is -4.23. The molecule has 3 aromatic carbocycles. The minimum absolute atomic E-state index is 0.0179. The third-order valence-electron chi connectivity index (χ3n) is 7.74. The van der Waals surface area contributed by atoms with Crippen LogP contribution in [0, 0.1) is 11.8 Å². The Kier molecular flexibility index (Phi) is 12.5. The van der Waals surface area contributed by atoms with Gasteiger partial charge in [0.05, 0.1) is 30.5 Å². The van der Waals surface area contributed by atoms with Crippen molar-refractivity contribution in [3.63, 3.8) is 0 Å². The number of esters is 1. The molecule has 43 heavy (non-hydrogen) atoms. The van der Waals surface area contributed by atoms with Crippen molar-refractivity contribution in [3.05, 3.63) is 120 Å². The van der Waals surface area contributed by atoms with Crippen LogP contribution < -0.4 is 10.6 Å². The molecule has 7 heteroatoms. The summed E-state index contributed by atoms with van der Waals surface area (Å²) in [5.41, 5.74) is 3.09. The summed E-state index contributed by atoms with van der Waals surface area (Å²) in [5.74, 6) is -1.74. The van der Waals surface area contributed by atoms with E-state index in [9.17, 15) is 19.5 Å². The molecule has 3 aromatic rings. The van der Waals surface area contributed by atoms with Gasteiger partial charge in [0, 0.05) is 6.42 Å². The molecular formula is C36H42N2O5. The number of cyclic esters (lactones) is 1. The maximum Gasteiger partial charge on any atom is 0.309 e. The molecule has 1 aliphatic rings. The fourth-order valence-electron chi connectivity index (χ4n) is 5.40. The lowest BCUT2D eigenvalue weighted by Crippen LogP contribution is -2.45. The first-order valence-corrected chi connectivity index (χ1v) is 15.1. The van der Waals surface area contributed by atoms with E-state index in [1.807, 2.05) is 103 Å². The average Bonchev–Trinajstić information content (AvgIpc) is 3.03. The van der Waals surface area contributed by atoms with Crippen molar-refractivity contribution in [1.29, 1.82) is 0 Å². The van der Waals surface area contributed by atoms with E-state index in [2.05, 4.69) is 10.6 Å². The van der Waals surface area contributed by atoms with E-state index in [-0.39, 0.29) is 43.3 Å². The number of aliphatic hydroxyl groups is 1. The summed E-state index contributed by atoms with van der Waals surface area (Å²) in [4.78, 5) is 39.9. The van der Waals surface area contributed by atoms with E-state index < -0.39 is 18.0 Å². The van der Waals surface area contributed by atoms with Gasteiger partial charge in [0.15, 0.2) is 0 Å². The Morgan fingerprint density at radius 2 is 1.44 bits per heavy atom. The minimum Gasteiger partial charge on any atom is -0.463 e. The molecular weight excluding hydrogens is 540 g/mol. The van der Waals surface area contributed by atoms with Crippen LogP contribution in [0.5, 0.6) is 0 Å². The average molecular weight is 583 g/mol. The summed E-state index contributed by atoms with van der Waals surface area (Å²) < 4.78 is 5.83. The Labute approximate surface area is 254 Å². The Balaban J connectivity index is 1.47. The number of nitrogens with one attached hydrogen (secondary N) is 2. The normalized spacial score (nSPS) is 20.4. The number of rotatable bonds is 10. The van der Waals surface area contributed by atoms with E-state index in [4.69, 9.17) is 4.74 Å². The molecule has 7 nitrogen and oxygen atoms in total. The summed E-state index contributed by atoms with van der Waals surface area (Å²) >= 11 is 0. The second-order valence-corrected chi connectivity index (χ2v) is 11.2. The highest BCUT2D eigenvalue weighted by Crippen LogP contribution is 2.19. The predicted octanol–water partition coefficient (Wildman–Crippen LogP) is 4.58. The van der Waals surface area contributed by atoms with Crippen molar-refractivity contribution in [3.8, 4) is 0 Å². The van der Waals surface area contributed by atoms with Gasteiger partial charge in [-0.2, -0.15) is 0 Å². The van der Waals surface area contributed by atoms with Crippen molar-refractivity contribution in [2.45, 2.75) is 57.0 Å². The van der Waals surface area contributed by atoms with Crippen LogP contribution in [0.2, 0.25) is 0 Å². The zero-order chi connectivity index (χ0) is 30.3. The lowest BCUT2D eigenvalue weighted by molar-refractivity contribution is -0.150. The number of hydrogen-bond acceptors (Lipinski definition) is 5. The number of carbonyl (C=O) groups excluding carboxylic acids is 3. The number of hydrogen-bond donors (Lipinski definition) is 3. The van der Waals surface area contributed by atoms with Crippen molar-refractivity contribution < 1.29 is 24.2 Å². The summed E-state index contributed by atoms with van der Waals surface area (Å²) in [6.45, 7) is -0.160. The van der Waals surface area contributed by atoms with Gasteiger partial charge in [-0.25, -0.2) is 0 Å². The van der Waals surface area contributed by atoms with Gasteiger partial charge in [-0.05, 0) is 55.2 Å². The summed E-state index contributed by atoms with van der Waals surface area (Å²) in [6, 6.07) is 28.4. The van der Waals surface area contributed by atoms with Crippen LogP contribution in [-0.2, 0) is 38.4 Å². The van der Waals surface area contributed by atoms with E-state index in [1.165, 1.54) is 0 Å². The first kappa shape index (κ1) is 31.7. The number of carbonyl (C=O) groups is 3. The van der Waals surface area contributed by atoms with Crippen LogP contribution in [0.1, 0.15) is 42.4 Å². The zero-order valence-corrected chi connectivity index (χ0v) is 24.6. The molecule has 0 saturated heterocycles. The Bertz CT molecular complexity index is 1310. The van der Waals surface area contributed by atoms with E-state index >= 15 is 0 Å². The van der Waals surface area contributed by atoms with Crippen LogP contribution in [0.4, 0.5) is 0 Å². The smallest absolute Gasteiger partial charge is 0.309 e. The van der Waals surface area contributed by atoms with E-state index in [0.717, 1.165) is 16.7 Å². The molecule has 0 unspecified atom stereocenters. The molecule has 0 fully saturated rings. The molecule has 0 aromatic heterocycles. The Morgan fingerprint density at radius 3 is 2.07 bits per heavy atom. The maximum absolute atomic E-state index is 13.6. The molecule has 0 saturated carbocycles. The maximum atomic E-state index is 13.6. The predicted molar refractivity (Wildman–Crippen MR) is 167 cm³/mol. The van der Waals surface area contributed by atoms with Gasteiger partial charge in [0.2, 0.25) is 11.8 Å². The van der Waals surface area contributed by atoms with Crippen molar-refractivity contribution >= 4 is 17.8 Å². The molecule has 226 valence electrons. The second-order valence-electron chi connectivity index (χ2n) is 11.2. The molecule has 0 aliphatic carbocycles. The highest BCUT2D eigenvalue weighted by atomic mass is 16.5. The van der Waals surface area contributed by atoms with Crippen LogP contribution in [0.15, 0.2) is 103 Å². The van der Waals surface area contributed by atoms with Gasteiger partial charge in [-0.3, -0.25) is 14.4 Å². The van der Waals surface area contributed by atoms with Gasteiger partial charge in [0.25, 0.3) is 0 Å². The SMILES string of the molecule is O=C(C[C@H]1CC=CCC[C@H](Cc2ccccc2)C(=O)OC[C@H](Cc2ccccc2)NC1=O)N[C@H](CO)Cc1ccccc1. The third-order valence-corrected chi connectivity index (χ3v) is 7.74. The largest absolute Gasteiger partial charge is 0.463 e. The molecule has 0 spiro atoms. The molecule has 4 rings (SSSR count). The lowest BCUT2D eigenvalue weighted by atomic mass is 9.94. The molecule has 0 bridgehead atoms. The fourth-order valence-corrected chi connectivity index (χ4v) is 5.40. The second kappa shape index (κ2) is 17.0. The van der Waals surface area contributed by atoms with Crippen LogP contribution >= 0.6 is 0 Å². The Morgan fingerprint density at radius 1 is 0.837 bits per heavy atom. The molecule has 3 N–H and O–H groups in total. The van der Waals surface area contributed by atoms with Gasteiger partial charge in [-0.1, -0.05) is 103 Å². The van der Waals surface area contributed by atoms with E-state index in [0.29, 0.717) is 38.5 Å². The third kappa shape index (κ3) is 10.8. The molecule has 1 heterocycles. The number of amides is 2. The van der Waals surface area contributed by atoms with Gasteiger partial charge < -0.3 is 20.5 Å². The first-order chi connectivity index (χ1) is 21.0. The van der Waals surface area contributed by atoms with Crippen LogP contribution in [-0.4, -0.2) is 48.2 Å². The lowest BCUT2D eigenvalue weighted by Gasteiger charge is -2.24. The van der Waals surface area contributed by atoms with Crippen molar-refractivity contribution in [2.24, 2.45) is 11.8 Å². The van der Waals surface area contributed by atoms with Crippen LogP contribution in [0.3, 0.4) is 0 Å². The molecule has 2 amide bonds. The topological polar surface area (TPSA) is 105 Å². The first-order valence-electron chi connectivity index (χ1n) is 15.1. The van der Waals surface area contributed by atoms with Gasteiger partial charge >= 0.3 is 5.97 Å². The quantitative estimate of drug-likeness (QED) is 0.240. The number of benzene rings is 3. The van der Waals surface area contributed by atoms with Crippen molar-refractivity contribution in [1.82, 2.24) is 10.6 Å². The highest BCUT2D eigenvalue weighted by Gasteiger charge is 2.27. The minimum atomic E-state index is -0.609. The molecule has 4 atom stereocenters. The van der Waals surface area contributed by atoms with Crippen molar-refractivity contribution in [2.75, 3.05) is 13.2 Å². The fraction of sp³-hybridized carbons (Fsp3) is 0.361. The number of aliphatic hydroxyl groups excluding tert-OH is 1. The molecule has 0 radical (unpaired) electrons. The molecule has 1 aliphatic heterocycles.